The molecule has 17 heteroatoms. The molecule has 3 fully saturated rings. The molecule has 5 atom stereocenters. The molecule has 0 radical (unpaired) electrons. The van der Waals surface area contributed by atoms with Gasteiger partial charge in [-0.15, -0.1) is 6.58 Å². The van der Waals surface area contributed by atoms with E-state index in [9.17, 15) is 31.6 Å². The SMILES string of the molecule is C=C[C@@H]1C[C@]1(NC(=O)[C@@H]1C[C@@H](Oc2nc(-c3ccc(OC(C)C)cc3)nc3c2oc2ccc(F)cc23)CN1C(=O)[C@@H](Nc1ccc(F)cc1)C(C)(C)C)C(=O)NS(=O)(=O)C1CC1. The van der Waals surface area contributed by atoms with Crippen molar-refractivity contribution >= 4 is 55.5 Å². The molecule has 3 aliphatic rings. The summed E-state index contributed by atoms with van der Waals surface area (Å²) in [7, 11) is -3.95. The monoisotopic (exact) mass is 870 g/mol. The summed E-state index contributed by atoms with van der Waals surface area (Å²) in [5.41, 5.74) is -0.590. The lowest BCUT2D eigenvalue weighted by Gasteiger charge is -2.36. The van der Waals surface area contributed by atoms with Gasteiger partial charge in [0.05, 0.1) is 17.9 Å². The molecule has 8 rings (SSSR count). The highest BCUT2D eigenvalue weighted by atomic mass is 32.2. The molecule has 3 heterocycles. The number of halogens is 2. The van der Waals surface area contributed by atoms with Crippen LogP contribution in [0.15, 0.2) is 83.8 Å². The van der Waals surface area contributed by atoms with Crippen molar-refractivity contribution in [1.82, 2.24) is 24.9 Å². The number of anilines is 1. The number of furan rings is 1. The minimum absolute atomic E-state index is 0.0191. The van der Waals surface area contributed by atoms with Gasteiger partial charge in [-0.3, -0.25) is 19.1 Å². The molecule has 2 aromatic heterocycles. The Morgan fingerprint density at radius 1 is 1.00 bits per heavy atom. The van der Waals surface area contributed by atoms with Crippen LogP contribution in [0, 0.1) is 23.0 Å². The molecule has 326 valence electrons. The maximum Gasteiger partial charge on any atom is 0.262 e. The fourth-order valence-corrected chi connectivity index (χ4v) is 9.20. The highest BCUT2D eigenvalue weighted by Crippen LogP contribution is 2.46. The van der Waals surface area contributed by atoms with Crippen LogP contribution in [0.5, 0.6) is 11.6 Å². The molecule has 14 nitrogen and oxygen atoms in total. The third kappa shape index (κ3) is 8.54. The summed E-state index contributed by atoms with van der Waals surface area (Å²) < 4.78 is 74.9. The topological polar surface area (TPSA) is 182 Å². The van der Waals surface area contributed by atoms with Gasteiger partial charge in [-0.25, -0.2) is 22.2 Å². The zero-order chi connectivity index (χ0) is 44.3. The summed E-state index contributed by atoms with van der Waals surface area (Å²) in [6, 6.07) is 14.5. The van der Waals surface area contributed by atoms with Crippen LogP contribution < -0.4 is 24.8 Å². The Morgan fingerprint density at radius 2 is 1.69 bits per heavy atom. The fourth-order valence-electron chi connectivity index (χ4n) is 7.83. The van der Waals surface area contributed by atoms with Crippen molar-refractivity contribution in [3.05, 3.63) is 91.0 Å². The van der Waals surface area contributed by atoms with Crippen LogP contribution in [0.25, 0.3) is 33.5 Å². The molecule has 5 aromatic rings. The number of carbonyl (C=O) groups excluding carboxylic acids is 3. The molecule has 3 aromatic carbocycles. The Balaban J connectivity index is 1.15. The molecule has 62 heavy (non-hydrogen) atoms. The number of nitrogens with one attached hydrogen (secondary N) is 3. The Labute approximate surface area is 357 Å². The van der Waals surface area contributed by atoms with Crippen molar-refractivity contribution in [2.75, 3.05) is 11.9 Å². The largest absolute Gasteiger partial charge is 0.491 e. The van der Waals surface area contributed by atoms with E-state index in [1.165, 1.54) is 53.4 Å². The van der Waals surface area contributed by atoms with Crippen molar-refractivity contribution in [2.24, 2.45) is 11.3 Å². The van der Waals surface area contributed by atoms with E-state index in [-0.39, 0.29) is 48.3 Å². The number of hydrogen-bond acceptors (Lipinski definition) is 11. The number of aromatic nitrogens is 2. The van der Waals surface area contributed by atoms with Gasteiger partial charge >= 0.3 is 0 Å². The Kier molecular flexibility index (Phi) is 11.0. The second-order valence-corrected chi connectivity index (χ2v) is 19.5. The molecule has 1 saturated heterocycles. The van der Waals surface area contributed by atoms with Crippen LogP contribution in [0.3, 0.4) is 0 Å². The number of fused-ring (bicyclic) bond motifs is 3. The normalized spacial score (nSPS) is 21.7. The van der Waals surface area contributed by atoms with E-state index in [2.05, 4.69) is 21.9 Å². The highest BCUT2D eigenvalue weighted by Gasteiger charge is 2.62. The van der Waals surface area contributed by atoms with Crippen molar-refractivity contribution in [1.29, 1.82) is 0 Å². The number of likely N-dealkylation sites (tertiary alicyclic amines) is 1. The van der Waals surface area contributed by atoms with Crippen molar-refractivity contribution in [2.45, 2.75) is 95.4 Å². The molecular weight excluding hydrogens is 823 g/mol. The molecule has 3 N–H and O–H groups in total. The first-order chi connectivity index (χ1) is 29.3. The number of nitrogens with zero attached hydrogens (tertiary/aromatic N) is 3. The van der Waals surface area contributed by atoms with Gasteiger partial charge in [0, 0.05) is 29.0 Å². The number of carbonyl (C=O) groups is 3. The van der Waals surface area contributed by atoms with Crippen LogP contribution in [-0.2, 0) is 24.4 Å². The van der Waals surface area contributed by atoms with E-state index in [4.69, 9.17) is 23.9 Å². The number of sulfonamides is 1. The minimum atomic E-state index is -3.95. The van der Waals surface area contributed by atoms with Crippen LogP contribution in [0.1, 0.15) is 60.3 Å². The van der Waals surface area contributed by atoms with Crippen LogP contribution in [0.2, 0.25) is 0 Å². The average Bonchev–Trinajstić information content (AvgIpc) is 4.12. The van der Waals surface area contributed by atoms with Gasteiger partial charge in [0.15, 0.2) is 5.82 Å². The third-order valence-corrected chi connectivity index (χ3v) is 13.2. The van der Waals surface area contributed by atoms with E-state index >= 15 is 0 Å². The summed E-state index contributed by atoms with van der Waals surface area (Å²) in [5, 5.41) is 5.72. The zero-order valence-corrected chi connectivity index (χ0v) is 35.7. The van der Waals surface area contributed by atoms with Crippen LogP contribution in [0.4, 0.5) is 14.5 Å². The summed E-state index contributed by atoms with van der Waals surface area (Å²) in [6.45, 7) is 13.0. The molecule has 0 unspecified atom stereocenters. The van der Waals surface area contributed by atoms with Crippen molar-refractivity contribution < 1.29 is 45.5 Å². The van der Waals surface area contributed by atoms with E-state index in [1.807, 2.05) is 34.6 Å². The van der Waals surface area contributed by atoms with Crippen LogP contribution >= 0.6 is 0 Å². The molecule has 1 aliphatic heterocycles. The summed E-state index contributed by atoms with van der Waals surface area (Å²) in [6.07, 6.45) is 1.41. The van der Waals surface area contributed by atoms with Gasteiger partial charge in [-0.2, -0.15) is 4.98 Å². The molecule has 2 saturated carbocycles. The molecule has 3 amide bonds. The zero-order valence-electron chi connectivity index (χ0n) is 34.9. The van der Waals surface area contributed by atoms with Crippen LogP contribution in [-0.4, -0.2) is 82.6 Å². The molecule has 0 spiro atoms. The van der Waals surface area contributed by atoms with Gasteiger partial charge < -0.3 is 29.4 Å². The van der Waals surface area contributed by atoms with E-state index in [0.29, 0.717) is 40.8 Å². The second-order valence-electron chi connectivity index (χ2n) is 17.6. The smallest absolute Gasteiger partial charge is 0.262 e. The molecule has 2 aliphatic carbocycles. The summed E-state index contributed by atoms with van der Waals surface area (Å²) in [5.74, 6) is -2.77. The standard InChI is InChI=1S/C45H48F2N6O8S/c1-7-26-22-45(26,43(56)52-62(57,58)32-17-18-32)51-40(54)34-21-31(23-53(34)42(55)38(44(4,5)6)48-29-13-10-27(46)11-14-29)60-41-37-36(33-20-28(47)12-19-35(33)61-37)49-39(50-41)25-8-15-30(16-9-25)59-24(2)3/h7-16,19-20,24,26,31-32,34,38,48H,1,17-18,21-23H2,2-6H3,(H,51,54)(H,52,56)/t26-,31-,34+,38-,45-/m1/s1. The summed E-state index contributed by atoms with van der Waals surface area (Å²) >= 11 is 0. The lowest BCUT2D eigenvalue weighted by molar-refractivity contribution is -0.141. The maximum atomic E-state index is 14.9. The quantitative estimate of drug-likeness (QED) is 0.102. The van der Waals surface area contributed by atoms with Gasteiger partial charge in [-0.1, -0.05) is 26.8 Å². The van der Waals surface area contributed by atoms with Gasteiger partial charge in [0.25, 0.3) is 11.8 Å². The first kappa shape index (κ1) is 42.6. The third-order valence-electron chi connectivity index (χ3n) is 11.4. The van der Waals surface area contributed by atoms with Gasteiger partial charge in [0.2, 0.25) is 27.4 Å². The molecular formula is C45H48F2N6O8S. The lowest BCUT2D eigenvalue weighted by Crippen LogP contribution is -2.58. The summed E-state index contributed by atoms with van der Waals surface area (Å²) in [4.78, 5) is 54.0. The number of rotatable bonds is 14. The number of hydrogen-bond donors (Lipinski definition) is 3. The van der Waals surface area contributed by atoms with Crippen molar-refractivity contribution in [3.63, 3.8) is 0 Å². The number of benzene rings is 3. The van der Waals surface area contributed by atoms with Gasteiger partial charge in [0.1, 0.15) is 52.2 Å². The van der Waals surface area contributed by atoms with E-state index in [1.54, 1.807) is 24.3 Å². The fraction of sp³-hybridized carbons (Fsp3) is 0.400. The predicted octanol–water partition coefficient (Wildman–Crippen LogP) is 6.65. The average molecular weight is 871 g/mol. The Bertz CT molecular complexity index is 2680. The predicted molar refractivity (Wildman–Crippen MR) is 228 cm³/mol. The Hall–Kier alpha value is -6.10. The number of amides is 3. The minimum Gasteiger partial charge on any atom is -0.491 e. The maximum absolute atomic E-state index is 14.9. The van der Waals surface area contributed by atoms with E-state index in [0.717, 1.165) is 0 Å². The first-order valence-corrected chi connectivity index (χ1v) is 22.1. The lowest BCUT2D eigenvalue weighted by atomic mass is 9.85. The van der Waals surface area contributed by atoms with Crippen molar-refractivity contribution in [3.8, 4) is 23.0 Å². The Morgan fingerprint density at radius 3 is 2.32 bits per heavy atom. The number of ether oxygens (including phenoxy) is 2. The van der Waals surface area contributed by atoms with Gasteiger partial charge in [-0.05, 0) is 105 Å². The van der Waals surface area contributed by atoms with E-state index < -0.39 is 79.7 Å². The highest BCUT2D eigenvalue weighted by molar-refractivity contribution is 7.91. The molecule has 0 bridgehead atoms. The first-order valence-electron chi connectivity index (χ1n) is 20.5. The second kappa shape index (κ2) is 16.0.